The van der Waals surface area contributed by atoms with Crippen molar-refractivity contribution in [2.75, 3.05) is 11.9 Å². The lowest BCUT2D eigenvalue weighted by atomic mass is 10.1. The second-order valence-corrected chi connectivity index (χ2v) is 6.95. The number of benzene rings is 1. The first kappa shape index (κ1) is 21.1. The first-order chi connectivity index (χ1) is 15.5. The highest BCUT2D eigenvalue weighted by Crippen LogP contribution is 2.28. The summed E-state index contributed by atoms with van der Waals surface area (Å²) in [5.74, 6) is -0.226. The smallest absolute Gasteiger partial charge is 0.339 e. The largest absolute Gasteiger partial charge is 0.492 e. The van der Waals surface area contributed by atoms with Crippen molar-refractivity contribution in [3.05, 3.63) is 60.0 Å². The number of hydrogen-bond donors (Lipinski definition) is 1. The van der Waals surface area contributed by atoms with Crippen LogP contribution < -0.4 is 10.1 Å². The molecule has 1 atom stereocenters. The van der Waals surface area contributed by atoms with Gasteiger partial charge in [0.25, 0.3) is 11.6 Å². The summed E-state index contributed by atoms with van der Waals surface area (Å²) in [7, 11) is 0. The van der Waals surface area contributed by atoms with Gasteiger partial charge in [-0.25, -0.2) is 9.78 Å². The number of esters is 1. The number of nitrogens with zero attached hydrogens (tertiary/aromatic N) is 2. The van der Waals surface area contributed by atoms with Gasteiger partial charge in [-0.1, -0.05) is 17.3 Å². The summed E-state index contributed by atoms with van der Waals surface area (Å²) >= 11 is 0. The molecule has 9 nitrogen and oxygen atoms in total. The summed E-state index contributed by atoms with van der Waals surface area (Å²) in [6, 6.07) is 12.0. The maximum Gasteiger partial charge on any atom is 0.339 e. The van der Waals surface area contributed by atoms with Crippen molar-refractivity contribution >= 4 is 28.7 Å². The van der Waals surface area contributed by atoms with Crippen molar-refractivity contribution in [2.24, 2.45) is 0 Å². The van der Waals surface area contributed by atoms with Crippen LogP contribution in [0.5, 0.6) is 5.75 Å². The van der Waals surface area contributed by atoms with Crippen LogP contribution in [-0.4, -0.2) is 34.7 Å². The van der Waals surface area contributed by atoms with E-state index in [1.807, 2.05) is 6.92 Å². The first-order valence-corrected chi connectivity index (χ1v) is 10.0. The van der Waals surface area contributed by atoms with Crippen molar-refractivity contribution in [2.45, 2.75) is 26.9 Å². The van der Waals surface area contributed by atoms with Crippen LogP contribution in [0.25, 0.3) is 22.6 Å². The van der Waals surface area contributed by atoms with E-state index in [1.165, 1.54) is 19.3 Å². The van der Waals surface area contributed by atoms with Crippen LogP contribution in [0.15, 0.2) is 57.7 Å². The van der Waals surface area contributed by atoms with Crippen molar-refractivity contribution in [3.8, 4) is 17.2 Å². The summed E-state index contributed by atoms with van der Waals surface area (Å²) in [4.78, 5) is 30.0. The molecule has 1 aromatic carbocycles. The lowest BCUT2D eigenvalue weighted by molar-refractivity contribution is -0.123. The number of carbonyl (C=O) groups is 2. The van der Waals surface area contributed by atoms with E-state index >= 15 is 0 Å². The average molecular weight is 435 g/mol. The van der Waals surface area contributed by atoms with E-state index in [0.29, 0.717) is 40.6 Å². The minimum atomic E-state index is -1.08. The van der Waals surface area contributed by atoms with Crippen LogP contribution in [0.4, 0.5) is 5.69 Å². The fourth-order valence-corrected chi connectivity index (χ4v) is 3.17. The number of nitrogens with one attached hydrogen (secondary N) is 1. The first-order valence-electron chi connectivity index (χ1n) is 10.0. The lowest BCUT2D eigenvalue weighted by Gasteiger charge is -2.16. The number of amides is 1. The van der Waals surface area contributed by atoms with Crippen molar-refractivity contribution in [1.82, 2.24) is 10.1 Å². The van der Waals surface area contributed by atoms with Crippen LogP contribution in [0, 0.1) is 6.92 Å². The molecule has 1 amide bonds. The second kappa shape index (κ2) is 8.93. The molecule has 3 aromatic heterocycles. The van der Waals surface area contributed by atoms with E-state index in [2.05, 4.69) is 15.5 Å². The number of ether oxygens (including phenoxy) is 2. The Morgan fingerprint density at radius 2 is 2.00 bits per heavy atom. The standard InChI is InChI=1S/C23H21N3O6/c1-4-29-18-9-6-5-8-16(18)24-21(27)14(3)31-23(28)15-12-17(19-10-7-11-30-19)25-22-20(15)13(2)26-32-22/h5-12,14H,4H2,1-3H3,(H,24,27). The molecule has 164 valence electrons. The maximum atomic E-state index is 13.0. The van der Waals surface area contributed by atoms with Gasteiger partial charge in [-0.3, -0.25) is 4.79 Å². The fourth-order valence-electron chi connectivity index (χ4n) is 3.17. The molecular formula is C23H21N3O6. The molecule has 0 aliphatic carbocycles. The van der Waals surface area contributed by atoms with Crippen molar-refractivity contribution in [1.29, 1.82) is 0 Å². The number of rotatable bonds is 7. The van der Waals surface area contributed by atoms with E-state index < -0.39 is 18.0 Å². The van der Waals surface area contributed by atoms with E-state index in [1.54, 1.807) is 43.3 Å². The zero-order chi connectivity index (χ0) is 22.7. The quantitative estimate of drug-likeness (QED) is 0.425. The summed E-state index contributed by atoms with van der Waals surface area (Å²) < 4.78 is 21.6. The number of anilines is 1. The number of furan rings is 1. The van der Waals surface area contributed by atoms with Gasteiger partial charge < -0.3 is 23.7 Å². The van der Waals surface area contributed by atoms with Crippen molar-refractivity contribution in [3.63, 3.8) is 0 Å². The third-order valence-corrected chi connectivity index (χ3v) is 4.71. The van der Waals surface area contributed by atoms with Gasteiger partial charge in [-0.15, -0.1) is 0 Å². The van der Waals surface area contributed by atoms with Crippen molar-refractivity contribution < 1.29 is 28.0 Å². The third-order valence-electron chi connectivity index (χ3n) is 4.71. The monoisotopic (exact) mass is 435 g/mol. The number of hydrogen-bond acceptors (Lipinski definition) is 8. The van der Waals surface area contributed by atoms with E-state index in [9.17, 15) is 9.59 Å². The minimum absolute atomic E-state index is 0.172. The molecule has 32 heavy (non-hydrogen) atoms. The van der Waals surface area contributed by atoms with Gasteiger partial charge in [0.05, 0.1) is 35.2 Å². The molecule has 0 saturated carbocycles. The van der Waals surface area contributed by atoms with Gasteiger partial charge in [0.2, 0.25) is 0 Å². The van der Waals surface area contributed by atoms with Crippen LogP contribution in [0.2, 0.25) is 0 Å². The fraction of sp³-hybridized carbons (Fsp3) is 0.217. The number of aryl methyl sites for hydroxylation is 1. The Morgan fingerprint density at radius 1 is 1.19 bits per heavy atom. The van der Waals surface area contributed by atoms with E-state index in [4.69, 9.17) is 18.4 Å². The average Bonchev–Trinajstić information content (AvgIpc) is 3.45. The third kappa shape index (κ3) is 4.18. The summed E-state index contributed by atoms with van der Waals surface area (Å²) in [6.45, 7) is 5.48. The van der Waals surface area contributed by atoms with Gasteiger partial charge in [-0.2, -0.15) is 0 Å². The molecule has 0 radical (unpaired) electrons. The molecule has 0 spiro atoms. The molecule has 4 rings (SSSR count). The number of para-hydroxylation sites is 2. The molecule has 0 fully saturated rings. The van der Waals surface area contributed by atoms with E-state index in [0.717, 1.165) is 0 Å². The summed E-state index contributed by atoms with van der Waals surface area (Å²) in [6.07, 6.45) is 0.421. The lowest BCUT2D eigenvalue weighted by Crippen LogP contribution is -2.30. The minimum Gasteiger partial charge on any atom is -0.492 e. The number of carbonyl (C=O) groups excluding carboxylic acids is 2. The van der Waals surface area contributed by atoms with Gasteiger partial charge in [0.1, 0.15) is 11.4 Å². The number of fused-ring (bicyclic) bond motifs is 1. The Bertz CT molecular complexity index is 1260. The van der Waals surface area contributed by atoms with Gasteiger partial charge in [0, 0.05) is 0 Å². The van der Waals surface area contributed by atoms with Crippen LogP contribution >= 0.6 is 0 Å². The molecule has 9 heteroatoms. The van der Waals surface area contributed by atoms with E-state index in [-0.39, 0.29) is 11.3 Å². The SMILES string of the molecule is CCOc1ccccc1NC(=O)C(C)OC(=O)c1cc(-c2ccco2)nc2onc(C)c12. The molecule has 0 bridgehead atoms. The highest BCUT2D eigenvalue weighted by atomic mass is 16.5. The van der Waals surface area contributed by atoms with Crippen LogP contribution in [0.3, 0.4) is 0 Å². The Hall–Kier alpha value is -4.14. The zero-order valence-corrected chi connectivity index (χ0v) is 17.7. The predicted molar refractivity (Wildman–Crippen MR) is 115 cm³/mol. The molecule has 0 aliphatic heterocycles. The Balaban J connectivity index is 1.57. The maximum absolute atomic E-state index is 13.0. The molecule has 3 heterocycles. The highest BCUT2D eigenvalue weighted by Gasteiger charge is 2.25. The molecule has 0 saturated heterocycles. The number of aromatic nitrogens is 2. The van der Waals surface area contributed by atoms with Crippen LogP contribution in [-0.2, 0) is 9.53 Å². The molecule has 1 unspecified atom stereocenters. The molecular weight excluding hydrogens is 414 g/mol. The molecule has 0 aliphatic rings. The highest BCUT2D eigenvalue weighted by molar-refractivity contribution is 6.05. The van der Waals surface area contributed by atoms with Gasteiger partial charge in [0.15, 0.2) is 11.9 Å². The Labute approximate surface area is 183 Å². The van der Waals surface area contributed by atoms with Gasteiger partial charge in [-0.05, 0) is 51.1 Å². The molecule has 1 N–H and O–H groups in total. The second-order valence-electron chi connectivity index (χ2n) is 6.95. The Morgan fingerprint density at radius 3 is 2.75 bits per heavy atom. The van der Waals surface area contributed by atoms with Gasteiger partial charge >= 0.3 is 5.97 Å². The Kier molecular flexibility index (Phi) is 5.89. The summed E-state index contributed by atoms with van der Waals surface area (Å²) in [5.41, 5.74) is 1.70. The normalized spacial score (nSPS) is 11.8. The topological polar surface area (TPSA) is 117 Å². The summed E-state index contributed by atoms with van der Waals surface area (Å²) in [5, 5.41) is 7.04. The predicted octanol–water partition coefficient (Wildman–Crippen LogP) is 4.37. The number of pyridine rings is 1. The zero-order valence-electron chi connectivity index (χ0n) is 17.7. The van der Waals surface area contributed by atoms with Crippen LogP contribution in [0.1, 0.15) is 29.9 Å². The molecule has 4 aromatic rings.